The minimum atomic E-state index is -0.990. The monoisotopic (exact) mass is 468 g/mol. The third-order valence-electron chi connectivity index (χ3n) is 5.68. The van der Waals surface area contributed by atoms with Crippen molar-refractivity contribution in [2.24, 2.45) is 0 Å². The topological polar surface area (TPSA) is 119 Å². The fourth-order valence-corrected chi connectivity index (χ4v) is 3.90. The molecule has 180 valence electrons. The van der Waals surface area contributed by atoms with Crippen LogP contribution in [0.4, 0.5) is 5.69 Å². The average Bonchev–Trinajstić information content (AvgIpc) is 3.08. The van der Waals surface area contributed by atoms with Crippen molar-refractivity contribution >= 4 is 23.1 Å². The number of methoxy groups -OCH3 is 1. The summed E-state index contributed by atoms with van der Waals surface area (Å²) in [5, 5.41) is 22.5. The van der Waals surface area contributed by atoms with Gasteiger partial charge in [-0.05, 0) is 42.7 Å². The van der Waals surface area contributed by atoms with Crippen molar-refractivity contribution in [3.05, 3.63) is 74.8 Å². The molecule has 1 heterocycles. The average molecular weight is 469 g/mol. The number of aryl methyl sites for hydroxylation is 1. The molecule has 2 aromatic carbocycles. The molecule has 0 bridgehead atoms. The van der Waals surface area contributed by atoms with E-state index in [1.54, 1.807) is 24.3 Å². The van der Waals surface area contributed by atoms with Gasteiger partial charge in [0.1, 0.15) is 11.5 Å². The summed E-state index contributed by atoms with van der Waals surface area (Å²) in [6.45, 7) is 4.69. The smallest absolute Gasteiger partial charge is 0.295 e. The molecular weight excluding hydrogens is 440 g/mol. The quantitative estimate of drug-likeness (QED) is 0.139. The van der Waals surface area contributed by atoms with Gasteiger partial charge in [-0.3, -0.25) is 19.7 Å². The Kier molecular flexibility index (Phi) is 8.01. The maximum atomic E-state index is 13.0. The van der Waals surface area contributed by atoms with Crippen LogP contribution in [0.25, 0.3) is 5.76 Å². The maximum Gasteiger partial charge on any atom is 0.295 e. The number of aliphatic hydroxyl groups is 1. The van der Waals surface area contributed by atoms with Crippen LogP contribution in [0.3, 0.4) is 0 Å². The zero-order valence-corrected chi connectivity index (χ0v) is 19.4. The lowest BCUT2D eigenvalue weighted by Crippen LogP contribution is -2.32. The van der Waals surface area contributed by atoms with Gasteiger partial charge >= 0.3 is 0 Å². The van der Waals surface area contributed by atoms with Crippen LogP contribution in [-0.4, -0.2) is 53.5 Å². The normalized spacial score (nSPS) is 17.3. The number of carbonyl (C=O) groups excluding carboxylic acids is 2. The molecule has 1 fully saturated rings. The molecule has 2 aromatic rings. The standard InChI is InChI=1S/C25H28N2O7/c1-4-5-12-34-20-10-9-18(14-16(20)2)23(28)21-22(17-7-6-8-19(15-17)27(31)32)26(11-13-33-3)25(30)24(21)29/h6-10,14-15,22,28H,4-5,11-13H2,1-3H3/b23-21+/t22-/m1/s1. The minimum absolute atomic E-state index is 0.0778. The van der Waals surface area contributed by atoms with E-state index in [2.05, 4.69) is 6.92 Å². The molecule has 3 rings (SSSR count). The first-order valence-electron chi connectivity index (χ1n) is 11.1. The van der Waals surface area contributed by atoms with E-state index in [1.807, 2.05) is 6.92 Å². The third-order valence-corrected chi connectivity index (χ3v) is 5.68. The number of benzene rings is 2. The zero-order chi connectivity index (χ0) is 24.8. The number of aliphatic hydroxyl groups excluding tert-OH is 1. The van der Waals surface area contributed by atoms with Crippen LogP contribution in [-0.2, 0) is 14.3 Å². The summed E-state index contributed by atoms with van der Waals surface area (Å²) in [4.78, 5) is 37.9. The number of ketones is 1. The van der Waals surface area contributed by atoms with E-state index in [0.717, 1.165) is 18.4 Å². The number of Topliss-reactive ketones (excluding diaryl/α,β-unsaturated/α-hetero) is 1. The van der Waals surface area contributed by atoms with E-state index >= 15 is 0 Å². The molecule has 1 aliphatic heterocycles. The van der Waals surface area contributed by atoms with Crippen molar-refractivity contribution in [3.63, 3.8) is 0 Å². The number of non-ortho nitro benzene ring substituents is 1. The SMILES string of the molecule is CCCCOc1ccc(/C(O)=C2\C(=O)C(=O)N(CCOC)[C@@H]2c2cccc([N+](=O)[O-])c2)cc1C. The molecule has 1 aliphatic rings. The highest BCUT2D eigenvalue weighted by Gasteiger charge is 2.46. The molecule has 34 heavy (non-hydrogen) atoms. The molecule has 0 radical (unpaired) electrons. The van der Waals surface area contributed by atoms with Gasteiger partial charge in [0.25, 0.3) is 17.4 Å². The van der Waals surface area contributed by atoms with Crippen molar-refractivity contribution in [2.75, 3.05) is 26.9 Å². The van der Waals surface area contributed by atoms with E-state index in [0.29, 0.717) is 23.5 Å². The van der Waals surface area contributed by atoms with Crippen LogP contribution >= 0.6 is 0 Å². The predicted octanol–water partition coefficient (Wildman–Crippen LogP) is 4.15. The predicted molar refractivity (Wildman–Crippen MR) is 126 cm³/mol. The second-order valence-corrected chi connectivity index (χ2v) is 8.02. The fraction of sp³-hybridized carbons (Fsp3) is 0.360. The van der Waals surface area contributed by atoms with E-state index < -0.39 is 22.7 Å². The minimum Gasteiger partial charge on any atom is -0.507 e. The van der Waals surface area contributed by atoms with Gasteiger partial charge in [0, 0.05) is 31.4 Å². The molecule has 0 aliphatic carbocycles. The zero-order valence-electron chi connectivity index (χ0n) is 19.4. The summed E-state index contributed by atoms with van der Waals surface area (Å²) in [5.41, 5.74) is 1.16. The second kappa shape index (κ2) is 10.9. The van der Waals surface area contributed by atoms with Crippen LogP contribution < -0.4 is 4.74 Å². The Morgan fingerprint density at radius 2 is 1.94 bits per heavy atom. The van der Waals surface area contributed by atoms with Gasteiger partial charge < -0.3 is 19.5 Å². The fourth-order valence-electron chi connectivity index (χ4n) is 3.90. The van der Waals surface area contributed by atoms with E-state index in [9.17, 15) is 24.8 Å². The van der Waals surface area contributed by atoms with E-state index in [1.165, 1.54) is 30.2 Å². The molecule has 1 amide bonds. The van der Waals surface area contributed by atoms with Gasteiger partial charge in [-0.2, -0.15) is 0 Å². The van der Waals surface area contributed by atoms with E-state index in [-0.39, 0.29) is 30.2 Å². The Morgan fingerprint density at radius 3 is 2.59 bits per heavy atom. The van der Waals surface area contributed by atoms with E-state index in [4.69, 9.17) is 9.47 Å². The van der Waals surface area contributed by atoms with Crippen molar-refractivity contribution < 1.29 is 29.1 Å². The largest absolute Gasteiger partial charge is 0.507 e. The Morgan fingerprint density at radius 1 is 1.18 bits per heavy atom. The Hall–Kier alpha value is -3.72. The Bertz CT molecular complexity index is 1130. The number of amides is 1. The number of ether oxygens (including phenoxy) is 2. The molecule has 9 nitrogen and oxygen atoms in total. The summed E-state index contributed by atoms with van der Waals surface area (Å²) >= 11 is 0. The second-order valence-electron chi connectivity index (χ2n) is 8.02. The number of nitrogens with zero attached hydrogens (tertiary/aromatic N) is 2. The van der Waals surface area contributed by atoms with Gasteiger partial charge in [-0.25, -0.2) is 0 Å². The van der Waals surface area contributed by atoms with Crippen LogP contribution in [0, 0.1) is 17.0 Å². The lowest BCUT2D eigenvalue weighted by atomic mass is 9.94. The third kappa shape index (κ3) is 5.09. The highest BCUT2D eigenvalue weighted by atomic mass is 16.6. The summed E-state index contributed by atoms with van der Waals surface area (Å²) in [7, 11) is 1.46. The van der Waals surface area contributed by atoms with Crippen molar-refractivity contribution in [1.82, 2.24) is 4.90 Å². The van der Waals surface area contributed by atoms with Gasteiger partial charge in [0.05, 0.1) is 29.8 Å². The molecule has 0 saturated carbocycles. The highest BCUT2D eigenvalue weighted by molar-refractivity contribution is 6.46. The molecule has 0 aromatic heterocycles. The number of likely N-dealkylation sites (tertiary alicyclic amines) is 1. The molecule has 9 heteroatoms. The number of carbonyl (C=O) groups is 2. The van der Waals surface area contributed by atoms with Crippen LogP contribution in [0.2, 0.25) is 0 Å². The number of hydrogen-bond donors (Lipinski definition) is 1. The van der Waals surface area contributed by atoms with Crippen LogP contribution in [0.1, 0.15) is 42.5 Å². The first kappa shape index (κ1) is 24.9. The number of unbranched alkanes of at least 4 members (excludes halogenated alkanes) is 1. The molecule has 1 atom stereocenters. The maximum absolute atomic E-state index is 13.0. The number of hydrogen-bond acceptors (Lipinski definition) is 7. The van der Waals surface area contributed by atoms with Crippen LogP contribution in [0.5, 0.6) is 5.75 Å². The molecule has 0 unspecified atom stereocenters. The molecule has 1 saturated heterocycles. The van der Waals surface area contributed by atoms with Gasteiger partial charge in [0.2, 0.25) is 0 Å². The van der Waals surface area contributed by atoms with Crippen LogP contribution in [0.15, 0.2) is 48.0 Å². The lowest BCUT2D eigenvalue weighted by molar-refractivity contribution is -0.384. The van der Waals surface area contributed by atoms with Gasteiger partial charge in [-0.15, -0.1) is 0 Å². The summed E-state index contributed by atoms with van der Waals surface area (Å²) in [6.07, 6.45) is 1.91. The number of rotatable bonds is 10. The number of nitro benzene ring substituents is 1. The summed E-state index contributed by atoms with van der Waals surface area (Å²) in [6, 6.07) is 9.73. The van der Waals surface area contributed by atoms with Gasteiger partial charge in [-0.1, -0.05) is 25.5 Å². The molecule has 0 spiro atoms. The van der Waals surface area contributed by atoms with Gasteiger partial charge in [0.15, 0.2) is 0 Å². The highest BCUT2D eigenvalue weighted by Crippen LogP contribution is 2.40. The lowest BCUT2D eigenvalue weighted by Gasteiger charge is -2.25. The Labute approximate surface area is 197 Å². The van der Waals surface area contributed by atoms with Crippen molar-refractivity contribution in [2.45, 2.75) is 32.7 Å². The first-order chi connectivity index (χ1) is 16.3. The number of nitro groups is 1. The summed E-state index contributed by atoms with van der Waals surface area (Å²) < 4.78 is 10.8. The first-order valence-corrected chi connectivity index (χ1v) is 11.1. The Balaban J connectivity index is 2.09. The summed E-state index contributed by atoms with van der Waals surface area (Å²) in [5.74, 6) is -1.34. The van der Waals surface area contributed by atoms with Crippen molar-refractivity contribution in [3.8, 4) is 5.75 Å². The molecular formula is C25H28N2O7. The van der Waals surface area contributed by atoms with Crippen molar-refractivity contribution in [1.29, 1.82) is 0 Å². The molecule has 1 N–H and O–H groups in total.